The van der Waals surface area contributed by atoms with Crippen LogP contribution in [0, 0.1) is 0 Å². The molecule has 0 fully saturated rings. The number of hydrogen-bond donors (Lipinski definition) is 2. The van der Waals surface area contributed by atoms with Gasteiger partial charge >= 0.3 is 0 Å². The topological polar surface area (TPSA) is 75.8 Å². The van der Waals surface area contributed by atoms with E-state index in [0.717, 1.165) is 82.4 Å². The summed E-state index contributed by atoms with van der Waals surface area (Å²) in [5.41, 5.74) is 7.86. The average molecular weight is 645 g/mol. The van der Waals surface area contributed by atoms with Gasteiger partial charge in [0.15, 0.2) is 0 Å². The van der Waals surface area contributed by atoms with Gasteiger partial charge in [-0.05, 0) is 97.8 Å². The highest BCUT2D eigenvalue weighted by atomic mass is 16.5. The fraction of sp³-hybridized carbons (Fsp3) is 0.381. The molecule has 2 aliphatic heterocycles. The maximum absolute atomic E-state index is 5.84. The standard InChI is InChI=1S/C22H38O2.C20H14N4/c1-3-5-7-9-11-13-18-23-21-16-15-17-22(20-21)24-19-14-12-10-8-6-4-2;1-2-14-10-16-5-6-18(23-16)12-20-8-7-19(24-20)11-17-4-3-15(22-17)9-13(1)21-14/h15-17,20H,3-14,18-19H2,1-2H3;1-12,21-22H. The van der Waals surface area contributed by atoms with Crippen LogP contribution in [0.15, 0.2) is 72.8 Å². The third kappa shape index (κ3) is 11.9. The molecule has 0 radical (unpaired) electrons. The number of aromatic nitrogens is 4. The second kappa shape index (κ2) is 19.3. The largest absolute Gasteiger partial charge is 0.493 e. The van der Waals surface area contributed by atoms with Crippen molar-refractivity contribution in [1.29, 1.82) is 0 Å². The van der Waals surface area contributed by atoms with Crippen molar-refractivity contribution < 1.29 is 9.47 Å². The number of unbranched alkanes of at least 4 members (excludes halogenated alkanes) is 10. The maximum atomic E-state index is 5.84. The number of nitrogens with zero attached hydrogens (tertiary/aromatic N) is 2. The molecule has 0 saturated carbocycles. The van der Waals surface area contributed by atoms with E-state index in [-0.39, 0.29) is 0 Å². The highest BCUT2D eigenvalue weighted by molar-refractivity contribution is 5.77. The van der Waals surface area contributed by atoms with Gasteiger partial charge in [0.2, 0.25) is 0 Å². The van der Waals surface area contributed by atoms with Crippen molar-refractivity contribution in [2.75, 3.05) is 13.2 Å². The number of hydrogen-bond acceptors (Lipinski definition) is 4. The molecule has 0 aliphatic carbocycles. The van der Waals surface area contributed by atoms with Crippen LogP contribution in [0.3, 0.4) is 0 Å². The van der Waals surface area contributed by atoms with Crippen molar-refractivity contribution >= 4 is 46.4 Å². The summed E-state index contributed by atoms with van der Waals surface area (Å²) in [6, 6.07) is 24.5. The van der Waals surface area contributed by atoms with Gasteiger partial charge in [-0.25, -0.2) is 9.97 Å². The Balaban J connectivity index is 0.000000188. The van der Waals surface area contributed by atoms with Crippen LogP contribution in [0.2, 0.25) is 0 Å². The summed E-state index contributed by atoms with van der Waals surface area (Å²) in [5.74, 6) is 1.87. The first-order valence-corrected chi connectivity index (χ1v) is 18.1. The number of benzene rings is 1. The molecule has 0 amide bonds. The predicted molar refractivity (Wildman–Crippen MR) is 203 cm³/mol. The molecule has 1 aromatic carbocycles. The van der Waals surface area contributed by atoms with Crippen LogP contribution in [0.5, 0.6) is 11.5 Å². The van der Waals surface area contributed by atoms with Gasteiger partial charge in [0.05, 0.1) is 36.0 Å². The van der Waals surface area contributed by atoms with Gasteiger partial charge in [0, 0.05) is 28.1 Å². The van der Waals surface area contributed by atoms with Crippen LogP contribution in [0.4, 0.5) is 0 Å². The third-order valence-corrected chi connectivity index (χ3v) is 8.38. The normalized spacial score (nSPS) is 11.7. The number of aromatic amines is 2. The van der Waals surface area contributed by atoms with Crippen LogP contribution in [0.1, 0.15) is 114 Å². The lowest BCUT2D eigenvalue weighted by atomic mass is 10.1. The fourth-order valence-corrected chi connectivity index (χ4v) is 5.74. The zero-order valence-corrected chi connectivity index (χ0v) is 28.8. The van der Waals surface area contributed by atoms with Gasteiger partial charge < -0.3 is 19.4 Å². The minimum atomic E-state index is 0.813. The lowest BCUT2D eigenvalue weighted by Crippen LogP contribution is -2.00. The Morgan fingerprint density at radius 1 is 0.438 bits per heavy atom. The molecule has 5 heterocycles. The molecule has 0 unspecified atom stereocenters. The van der Waals surface area contributed by atoms with Crippen LogP contribution in [-0.4, -0.2) is 33.1 Å². The molecule has 0 spiro atoms. The molecule has 252 valence electrons. The molecule has 6 heteroatoms. The minimum Gasteiger partial charge on any atom is -0.493 e. The Bertz CT molecular complexity index is 1660. The highest BCUT2D eigenvalue weighted by Crippen LogP contribution is 2.21. The van der Waals surface area contributed by atoms with E-state index in [2.05, 4.69) is 64.1 Å². The number of rotatable bonds is 16. The number of ether oxygens (including phenoxy) is 2. The average Bonchev–Trinajstić information content (AvgIpc) is 3.92. The highest BCUT2D eigenvalue weighted by Gasteiger charge is 2.03. The van der Waals surface area contributed by atoms with E-state index < -0.39 is 0 Å². The summed E-state index contributed by atoms with van der Waals surface area (Å²) in [6.07, 6.45) is 23.6. The van der Waals surface area contributed by atoms with Gasteiger partial charge in [0.1, 0.15) is 11.5 Å². The number of H-pyrrole nitrogens is 2. The molecule has 2 aliphatic rings. The van der Waals surface area contributed by atoms with Crippen molar-refractivity contribution in [2.24, 2.45) is 0 Å². The summed E-state index contributed by atoms with van der Waals surface area (Å²) in [7, 11) is 0. The fourth-order valence-electron chi connectivity index (χ4n) is 5.74. The van der Waals surface area contributed by atoms with E-state index in [1.807, 2.05) is 66.8 Å². The second-order valence-corrected chi connectivity index (χ2v) is 12.6. The molecule has 4 aromatic rings. The zero-order valence-electron chi connectivity index (χ0n) is 28.8. The molecular formula is C42H52N4O2. The van der Waals surface area contributed by atoms with Gasteiger partial charge in [-0.15, -0.1) is 0 Å². The SMILES string of the molecule is C1=Cc2cc3ccc(cc4ccc(cc5nc(cc1n2)C=C5)[nH]4)[nH]3.CCCCCCCCOc1cccc(OCCCCCCCC)c1. The summed E-state index contributed by atoms with van der Waals surface area (Å²) >= 11 is 0. The predicted octanol–water partition coefficient (Wildman–Crippen LogP) is 11.8. The van der Waals surface area contributed by atoms with E-state index in [1.165, 1.54) is 64.2 Å². The van der Waals surface area contributed by atoms with Gasteiger partial charge in [-0.2, -0.15) is 0 Å². The third-order valence-electron chi connectivity index (χ3n) is 8.38. The number of fused-ring (bicyclic) bond motifs is 8. The Morgan fingerprint density at radius 3 is 1.29 bits per heavy atom. The quantitative estimate of drug-likeness (QED) is 0.103. The van der Waals surface area contributed by atoms with Crippen molar-refractivity contribution in [1.82, 2.24) is 19.9 Å². The smallest absolute Gasteiger partial charge is 0.122 e. The molecule has 2 N–H and O–H groups in total. The Kier molecular flexibility index (Phi) is 14.0. The Hall–Kier alpha value is -4.58. The minimum absolute atomic E-state index is 0.813. The molecule has 8 bridgehead atoms. The maximum Gasteiger partial charge on any atom is 0.122 e. The van der Waals surface area contributed by atoms with Gasteiger partial charge in [-0.1, -0.05) is 84.1 Å². The van der Waals surface area contributed by atoms with E-state index in [4.69, 9.17) is 9.47 Å². The summed E-state index contributed by atoms with van der Waals surface area (Å²) in [4.78, 5) is 16.0. The van der Waals surface area contributed by atoms with E-state index >= 15 is 0 Å². The van der Waals surface area contributed by atoms with E-state index in [9.17, 15) is 0 Å². The van der Waals surface area contributed by atoms with E-state index in [1.54, 1.807) is 0 Å². The zero-order chi connectivity index (χ0) is 33.2. The van der Waals surface area contributed by atoms with Crippen molar-refractivity contribution in [3.63, 3.8) is 0 Å². The Morgan fingerprint density at radius 2 is 0.833 bits per heavy atom. The van der Waals surface area contributed by atoms with Crippen LogP contribution in [0.25, 0.3) is 46.4 Å². The lowest BCUT2D eigenvalue weighted by molar-refractivity contribution is 0.290. The summed E-state index contributed by atoms with van der Waals surface area (Å²) in [6.45, 7) is 6.13. The molecule has 6 rings (SSSR count). The molecule has 0 saturated heterocycles. The van der Waals surface area contributed by atoms with Crippen LogP contribution < -0.4 is 9.47 Å². The first kappa shape index (κ1) is 34.7. The monoisotopic (exact) mass is 644 g/mol. The Labute approximate surface area is 286 Å². The van der Waals surface area contributed by atoms with Crippen molar-refractivity contribution in [3.8, 4) is 11.5 Å². The molecular weight excluding hydrogens is 592 g/mol. The molecule has 0 atom stereocenters. The molecule has 48 heavy (non-hydrogen) atoms. The van der Waals surface area contributed by atoms with E-state index in [0.29, 0.717) is 0 Å². The first-order chi connectivity index (χ1) is 23.7. The molecule has 3 aromatic heterocycles. The number of nitrogens with one attached hydrogen (secondary N) is 2. The summed E-state index contributed by atoms with van der Waals surface area (Å²) in [5, 5.41) is 0. The van der Waals surface area contributed by atoms with Crippen molar-refractivity contribution in [3.05, 3.63) is 95.6 Å². The van der Waals surface area contributed by atoms with Gasteiger partial charge in [0.25, 0.3) is 0 Å². The summed E-state index contributed by atoms with van der Waals surface area (Å²) < 4.78 is 11.7. The molecule has 6 nitrogen and oxygen atoms in total. The first-order valence-electron chi connectivity index (χ1n) is 18.1. The van der Waals surface area contributed by atoms with Crippen LogP contribution >= 0.6 is 0 Å². The second-order valence-electron chi connectivity index (χ2n) is 12.6. The lowest BCUT2D eigenvalue weighted by Gasteiger charge is -2.09. The van der Waals surface area contributed by atoms with Crippen molar-refractivity contribution in [2.45, 2.75) is 90.9 Å². The van der Waals surface area contributed by atoms with Gasteiger partial charge in [-0.3, -0.25) is 0 Å². The van der Waals surface area contributed by atoms with Crippen LogP contribution in [-0.2, 0) is 0 Å².